The third-order valence-corrected chi connectivity index (χ3v) is 3.65. The van der Waals surface area contributed by atoms with Crippen molar-refractivity contribution in [1.29, 1.82) is 0 Å². The van der Waals surface area contributed by atoms with Crippen molar-refractivity contribution in [2.45, 2.75) is 12.3 Å². The average molecular weight is 298 g/mol. The molecular weight excluding hydrogens is 284 g/mol. The van der Waals surface area contributed by atoms with Crippen LogP contribution in [0.4, 0.5) is 11.4 Å². The monoisotopic (exact) mass is 298 g/mol. The summed E-state index contributed by atoms with van der Waals surface area (Å²) in [6.45, 7) is 0.519. The van der Waals surface area contributed by atoms with Gasteiger partial charge in [0.15, 0.2) is 12.5 Å². The quantitative estimate of drug-likeness (QED) is 0.493. The van der Waals surface area contributed by atoms with Crippen LogP contribution in [0.15, 0.2) is 54.6 Å². The fraction of sp³-hybridized carbons (Fsp3) is 0.188. The van der Waals surface area contributed by atoms with E-state index in [0.717, 1.165) is 17.5 Å². The number of benzene rings is 2. The molecule has 0 amide bonds. The maximum atomic E-state index is 11.3. The molecule has 0 aromatic heterocycles. The molecule has 1 aliphatic rings. The second kappa shape index (κ2) is 5.95. The number of ether oxygens (including phenoxy) is 1. The molecule has 2 atom stereocenters. The van der Waals surface area contributed by atoms with E-state index in [9.17, 15) is 14.9 Å². The van der Waals surface area contributed by atoms with E-state index in [-0.39, 0.29) is 11.8 Å². The number of carbonyl (C=O) groups excluding carboxylic acids is 1. The van der Waals surface area contributed by atoms with E-state index in [0.29, 0.717) is 6.54 Å². The van der Waals surface area contributed by atoms with Gasteiger partial charge in [0.05, 0.1) is 11.5 Å². The van der Waals surface area contributed by atoms with Gasteiger partial charge >= 0.3 is 0 Å². The highest BCUT2D eigenvalue weighted by molar-refractivity contribution is 5.66. The molecule has 2 unspecified atom stereocenters. The molecule has 2 aromatic rings. The van der Waals surface area contributed by atoms with Crippen LogP contribution in [0.1, 0.15) is 11.7 Å². The average Bonchev–Trinajstić information content (AvgIpc) is 3.00. The number of anilines is 1. The van der Waals surface area contributed by atoms with Gasteiger partial charge in [0.2, 0.25) is 0 Å². The normalized spacial score (nSPS) is 20.8. The van der Waals surface area contributed by atoms with Gasteiger partial charge in [-0.25, -0.2) is 0 Å². The Bertz CT molecular complexity index is 672. The van der Waals surface area contributed by atoms with Gasteiger partial charge in [0.25, 0.3) is 5.69 Å². The summed E-state index contributed by atoms with van der Waals surface area (Å²) >= 11 is 0. The Morgan fingerprint density at radius 3 is 2.41 bits per heavy atom. The van der Waals surface area contributed by atoms with Crippen LogP contribution in [0.5, 0.6) is 0 Å². The van der Waals surface area contributed by atoms with Crippen molar-refractivity contribution in [1.82, 2.24) is 0 Å². The first-order valence-electron chi connectivity index (χ1n) is 6.86. The highest BCUT2D eigenvalue weighted by Crippen LogP contribution is 2.32. The predicted octanol–water partition coefficient (Wildman–Crippen LogP) is 2.70. The molecule has 0 bridgehead atoms. The first-order chi connectivity index (χ1) is 10.7. The lowest BCUT2D eigenvalue weighted by Gasteiger charge is -2.20. The van der Waals surface area contributed by atoms with Crippen molar-refractivity contribution in [3.8, 4) is 0 Å². The van der Waals surface area contributed by atoms with E-state index in [4.69, 9.17) is 4.74 Å². The van der Waals surface area contributed by atoms with E-state index < -0.39 is 11.2 Å². The van der Waals surface area contributed by atoms with Crippen LogP contribution in [0.25, 0.3) is 0 Å². The molecule has 6 nitrogen and oxygen atoms in total. The smallest absolute Gasteiger partial charge is 0.269 e. The summed E-state index contributed by atoms with van der Waals surface area (Å²) in [7, 11) is 0. The number of nitro benzene ring substituents is 1. The van der Waals surface area contributed by atoms with Gasteiger partial charge < -0.3 is 9.64 Å². The van der Waals surface area contributed by atoms with Crippen LogP contribution in [0.2, 0.25) is 0 Å². The van der Waals surface area contributed by atoms with E-state index in [1.807, 2.05) is 30.3 Å². The molecule has 1 fully saturated rings. The summed E-state index contributed by atoms with van der Waals surface area (Å²) in [5.74, 6) is 0. The van der Waals surface area contributed by atoms with Crippen molar-refractivity contribution >= 4 is 17.7 Å². The van der Waals surface area contributed by atoms with E-state index in [1.165, 1.54) is 12.1 Å². The summed E-state index contributed by atoms with van der Waals surface area (Å²) in [5, 5.41) is 10.7. The van der Waals surface area contributed by atoms with Gasteiger partial charge in [-0.2, -0.15) is 0 Å². The maximum Gasteiger partial charge on any atom is 0.269 e. The van der Waals surface area contributed by atoms with Crippen LogP contribution in [-0.4, -0.2) is 24.0 Å². The zero-order valence-electron chi connectivity index (χ0n) is 11.7. The lowest BCUT2D eigenvalue weighted by atomic mass is 10.1. The maximum absolute atomic E-state index is 11.3. The third kappa shape index (κ3) is 2.68. The Hall–Kier alpha value is -2.73. The van der Waals surface area contributed by atoms with Crippen molar-refractivity contribution < 1.29 is 14.5 Å². The minimum atomic E-state index is -0.688. The zero-order valence-corrected chi connectivity index (χ0v) is 11.7. The molecule has 0 saturated carbocycles. The first kappa shape index (κ1) is 14.2. The summed E-state index contributed by atoms with van der Waals surface area (Å²) < 4.78 is 5.77. The minimum Gasteiger partial charge on any atom is -0.341 e. The van der Waals surface area contributed by atoms with Crippen LogP contribution in [0, 0.1) is 10.1 Å². The van der Waals surface area contributed by atoms with Crippen molar-refractivity contribution in [2.75, 3.05) is 11.4 Å². The van der Waals surface area contributed by atoms with E-state index >= 15 is 0 Å². The van der Waals surface area contributed by atoms with Crippen LogP contribution in [0.3, 0.4) is 0 Å². The first-order valence-corrected chi connectivity index (χ1v) is 6.86. The van der Waals surface area contributed by atoms with Gasteiger partial charge in [-0.05, 0) is 17.7 Å². The largest absolute Gasteiger partial charge is 0.341 e. The highest BCUT2D eigenvalue weighted by atomic mass is 16.6. The highest BCUT2D eigenvalue weighted by Gasteiger charge is 2.33. The summed E-state index contributed by atoms with van der Waals surface area (Å²) in [4.78, 5) is 23.3. The Balaban J connectivity index is 1.83. The van der Waals surface area contributed by atoms with E-state index in [1.54, 1.807) is 17.0 Å². The third-order valence-electron chi connectivity index (χ3n) is 3.65. The SMILES string of the molecule is O=CC1OC(c2ccccc2)CN1c1ccc([N+](=O)[O-])cc1. The van der Waals surface area contributed by atoms with Crippen molar-refractivity contribution in [3.05, 3.63) is 70.3 Å². The number of hydrogen-bond acceptors (Lipinski definition) is 5. The van der Waals surface area contributed by atoms with Gasteiger partial charge in [0, 0.05) is 17.8 Å². The van der Waals surface area contributed by atoms with Crippen LogP contribution >= 0.6 is 0 Å². The van der Waals surface area contributed by atoms with Crippen LogP contribution < -0.4 is 4.90 Å². The molecule has 0 aliphatic carbocycles. The molecule has 1 aliphatic heterocycles. The zero-order chi connectivity index (χ0) is 15.5. The summed E-state index contributed by atoms with van der Waals surface area (Å²) in [6, 6.07) is 15.8. The Morgan fingerprint density at radius 1 is 1.14 bits per heavy atom. The fourth-order valence-corrected chi connectivity index (χ4v) is 2.54. The molecule has 112 valence electrons. The molecule has 1 heterocycles. The molecule has 2 aromatic carbocycles. The topological polar surface area (TPSA) is 72.7 Å². The lowest BCUT2D eigenvalue weighted by Crippen LogP contribution is -2.31. The predicted molar refractivity (Wildman–Crippen MR) is 80.6 cm³/mol. The van der Waals surface area contributed by atoms with E-state index in [2.05, 4.69) is 0 Å². The summed E-state index contributed by atoms with van der Waals surface area (Å²) in [5.41, 5.74) is 1.74. The molecule has 0 spiro atoms. The Morgan fingerprint density at radius 2 is 1.82 bits per heavy atom. The molecule has 3 rings (SSSR count). The van der Waals surface area contributed by atoms with Gasteiger partial charge in [0.1, 0.15) is 6.10 Å². The number of aldehydes is 1. The minimum absolute atomic E-state index is 0.0196. The Kier molecular flexibility index (Phi) is 3.84. The van der Waals surface area contributed by atoms with Gasteiger partial charge in [-0.1, -0.05) is 30.3 Å². The molecule has 22 heavy (non-hydrogen) atoms. The van der Waals surface area contributed by atoms with Crippen molar-refractivity contribution in [2.24, 2.45) is 0 Å². The van der Waals surface area contributed by atoms with Gasteiger partial charge in [-0.15, -0.1) is 0 Å². The van der Waals surface area contributed by atoms with Gasteiger partial charge in [-0.3, -0.25) is 14.9 Å². The number of hydrogen-bond donors (Lipinski definition) is 0. The van der Waals surface area contributed by atoms with Crippen LogP contribution in [-0.2, 0) is 9.53 Å². The number of nitrogens with zero attached hydrogens (tertiary/aromatic N) is 2. The second-order valence-electron chi connectivity index (χ2n) is 4.99. The molecule has 1 saturated heterocycles. The van der Waals surface area contributed by atoms with Crippen molar-refractivity contribution in [3.63, 3.8) is 0 Å². The summed E-state index contributed by atoms with van der Waals surface area (Å²) in [6.07, 6.45) is -0.150. The molecule has 0 radical (unpaired) electrons. The number of carbonyl (C=O) groups is 1. The number of rotatable bonds is 4. The lowest BCUT2D eigenvalue weighted by molar-refractivity contribution is -0.384. The fourth-order valence-electron chi connectivity index (χ4n) is 2.54. The molecule has 6 heteroatoms. The Labute approximate surface area is 127 Å². The molecule has 0 N–H and O–H groups in total. The second-order valence-corrected chi connectivity index (χ2v) is 4.99. The molecular formula is C16H14N2O4. The standard InChI is InChI=1S/C16H14N2O4/c19-11-16-17(13-6-8-14(9-7-13)18(20)21)10-15(22-16)12-4-2-1-3-5-12/h1-9,11,15-16H,10H2. The number of non-ortho nitro benzene ring substituents is 1. The number of nitro groups is 1.